The molecule has 0 N–H and O–H groups in total. The van der Waals surface area contributed by atoms with E-state index in [2.05, 4.69) is 15.9 Å². The lowest BCUT2D eigenvalue weighted by Crippen LogP contribution is -2.38. The average molecular weight is 296 g/mol. The summed E-state index contributed by atoms with van der Waals surface area (Å²) in [5.41, 5.74) is 0.692. The summed E-state index contributed by atoms with van der Waals surface area (Å²) in [6, 6.07) is 7.43. The van der Waals surface area contributed by atoms with Gasteiger partial charge in [0.05, 0.1) is 5.56 Å². The molecule has 1 aliphatic rings. The highest BCUT2D eigenvalue weighted by atomic mass is 79.9. The number of nitrogens with zero attached hydrogens (tertiary/aromatic N) is 1. The molecule has 3 nitrogen and oxygen atoms in total. The first-order valence-electron chi connectivity index (χ1n) is 5.71. The van der Waals surface area contributed by atoms with Crippen LogP contribution < -0.4 is 0 Å². The van der Waals surface area contributed by atoms with Crippen molar-refractivity contribution in [3.05, 3.63) is 34.3 Å². The first kappa shape index (κ1) is 12.3. The molecule has 1 saturated heterocycles. The van der Waals surface area contributed by atoms with Crippen LogP contribution in [0.3, 0.4) is 0 Å². The summed E-state index contributed by atoms with van der Waals surface area (Å²) >= 11 is 3.39. The van der Waals surface area contributed by atoms with Gasteiger partial charge in [-0.1, -0.05) is 12.1 Å². The molecular formula is C13H14BrNO2. The molecule has 17 heavy (non-hydrogen) atoms. The number of likely N-dealkylation sites (tertiary alicyclic amines) is 1. The summed E-state index contributed by atoms with van der Waals surface area (Å²) in [6.07, 6.45) is 2.56. The summed E-state index contributed by atoms with van der Waals surface area (Å²) in [5.74, 6) is 0.167. The van der Waals surface area contributed by atoms with E-state index in [0.717, 1.165) is 23.6 Å². The van der Waals surface area contributed by atoms with Gasteiger partial charge in [0.25, 0.3) is 5.91 Å². The zero-order valence-corrected chi connectivity index (χ0v) is 11.0. The third kappa shape index (κ3) is 2.75. The van der Waals surface area contributed by atoms with Crippen LogP contribution in [0.25, 0.3) is 0 Å². The largest absolute Gasteiger partial charge is 0.339 e. The van der Waals surface area contributed by atoms with Gasteiger partial charge in [-0.25, -0.2) is 0 Å². The number of carbonyl (C=O) groups is 2. The molecule has 90 valence electrons. The Hall–Kier alpha value is -1.16. The molecule has 0 spiro atoms. The minimum Gasteiger partial charge on any atom is -0.339 e. The molecule has 1 aromatic carbocycles. The fourth-order valence-corrected chi connectivity index (χ4v) is 2.50. The molecule has 0 aliphatic carbocycles. The van der Waals surface area contributed by atoms with Crippen LogP contribution in [0, 0.1) is 5.92 Å². The number of hydrogen-bond donors (Lipinski definition) is 0. The molecule has 4 heteroatoms. The van der Waals surface area contributed by atoms with Crippen molar-refractivity contribution in [1.82, 2.24) is 4.90 Å². The van der Waals surface area contributed by atoms with Crippen molar-refractivity contribution in [3.8, 4) is 0 Å². The third-order valence-electron chi connectivity index (χ3n) is 3.12. The number of hydrogen-bond acceptors (Lipinski definition) is 2. The predicted molar refractivity (Wildman–Crippen MR) is 68.8 cm³/mol. The number of amides is 1. The standard InChI is InChI=1S/C13H14BrNO2/c14-12-4-2-1-3-11(12)13(17)15-7-5-10(9-16)6-8-15/h1-4,9-10H,5-8H2. The second-order valence-corrected chi connectivity index (χ2v) is 5.10. The van der Waals surface area contributed by atoms with Gasteiger partial charge >= 0.3 is 0 Å². The monoisotopic (exact) mass is 295 g/mol. The van der Waals surface area contributed by atoms with Crippen LogP contribution >= 0.6 is 15.9 Å². The lowest BCUT2D eigenvalue weighted by atomic mass is 9.98. The van der Waals surface area contributed by atoms with E-state index in [1.165, 1.54) is 0 Å². The van der Waals surface area contributed by atoms with Crippen LogP contribution in [0.15, 0.2) is 28.7 Å². The Bertz CT molecular complexity index is 425. The molecule has 0 aromatic heterocycles. The number of benzene rings is 1. The molecule has 0 saturated carbocycles. The maximum absolute atomic E-state index is 12.2. The summed E-state index contributed by atoms with van der Waals surface area (Å²) in [4.78, 5) is 24.7. The fraction of sp³-hybridized carbons (Fsp3) is 0.385. The van der Waals surface area contributed by atoms with Gasteiger partial charge in [0.2, 0.25) is 0 Å². The topological polar surface area (TPSA) is 37.4 Å². The Morgan fingerprint density at radius 2 is 1.94 bits per heavy atom. The van der Waals surface area contributed by atoms with E-state index < -0.39 is 0 Å². The summed E-state index contributed by atoms with van der Waals surface area (Å²) < 4.78 is 0.822. The molecule has 2 rings (SSSR count). The Kier molecular flexibility index (Phi) is 3.94. The minimum absolute atomic E-state index is 0.0434. The van der Waals surface area contributed by atoms with Gasteiger partial charge in [-0.2, -0.15) is 0 Å². The number of rotatable bonds is 2. The number of halogens is 1. The highest BCUT2D eigenvalue weighted by molar-refractivity contribution is 9.10. The van der Waals surface area contributed by atoms with Crippen LogP contribution in [0.1, 0.15) is 23.2 Å². The Morgan fingerprint density at radius 1 is 1.29 bits per heavy atom. The summed E-state index contributed by atoms with van der Waals surface area (Å²) in [7, 11) is 0. The van der Waals surface area contributed by atoms with Crippen molar-refractivity contribution in [3.63, 3.8) is 0 Å². The molecule has 1 fully saturated rings. The van der Waals surface area contributed by atoms with Gasteiger partial charge < -0.3 is 9.69 Å². The van der Waals surface area contributed by atoms with Crippen molar-refractivity contribution in [2.24, 2.45) is 5.92 Å². The molecule has 0 radical (unpaired) electrons. The Balaban J connectivity index is 2.07. The molecular weight excluding hydrogens is 282 g/mol. The highest BCUT2D eigenvalue weighted by Crippen LogP contribution is 2.21. The van der Waals surface area contributed by atoms with Crippen LogP contribution in [0.4, 0.5) is 0 Å². The maximum Gasteiger partial charge on any atom is 0.254 e. The molecule has 1 aliphatic heterocycles. The van der Waals surface area contributed by atoms with Crippen LogP contribution in [-0.4, -0.2) is 30.2 Å². The van der Waals surface area contributed by atoms with Gasteiger partial charge in [0.15, 0.2) is 0 Å². The SMILES string of the molecule is O=CC1CCN(C(=O)c2ccccc2Br)CC1. The van der Waals surface area contributed by atoms with Gasteiger partial charge in [0.1, 0.15) is 6.29 Å². The van der Waals surface area contributed by atoms with Crippen molar-refractivity contribution >= 4 is 28.1 Å². The first-order chi connectivity index (χ1) is 8.22. The second kappa shape index (κ2) is 5.45. The smallest absolute Gasteiger partial charge is 0.254 e. The van der Waals surface area contributed by atoms with Gasteiger partial charge in [0, 0.05) is 23.5 Å². The van der Waals surface area contributed by atoms with Gasteiger partial charge in [-0.15, -0.1) is 0 Å². The van der Waals surface area contributed by atoms with E-state index in [1.807, 2.05) is 29.2 Å². The number of carbonyl (C=O) groups excluding carboxylic acids is 2. The van der Waals surface area contributed by atoms with Crippen LogP contribution in [0.2, 0.25) is 0 Å². The molecule has 1 aromatic rings. The van der Waals surface area contributed by atoms with E-state index in [-0.39, 0.29) is 11.8 Å². The van der Waals surface area contributed by atoms with Gasteiger partial charge in [-0.05, 0) is 40.9 Å². The molecule has 0 atom stereocenters. The van der Waals surface area contributed by atoms with E-state index >= 15 is 0 Å². The lowest BCUT2D eigenvalue weighted by molar-refractivity contribution is -0.112. The molecule has 1 heterocycles. The van der Waals surface area contributed by atoms with E-state index in [9.17, 15) is 9.59 Å². The first-order valence-corrected chi connectivity index (χ1v) is 6.51. The van der Waals surface area contributed by atoms with Crippen LogP contribution in [-0.2, 0) is 4.79 Å². The van der Waals surface area contributed by atoms with Crippen molar-refractivity contribution in [2.75, 3.05) is 13.1 Å². The lowest BCUT2D eigenvalue weighted by Gasteiger charge is -2.30. The number of piperidine rings is 1. The highest BCUT2D eigenvalue weighted by Gasteiger charge is 2.24. The molecule has 0 unspecified atom stereocenters. The number of aldehydes is 1. The Labute approximate surface area is 109 Å². The molecule has 1 amide bonds. The van der Waals surface area contributed by atoms with Crippen LogP contribution in [0.5, 0.6) is 0 Å². The van der Waals surface area contributed by atoms with E-state index in [1.54, 1.807) is 0 Å². The maximum atomic E-state index is 12.2. The minimum atomic E-state index is 0.0434. The van der Waals surface area contributed by atoms with Crippen molar-refractivity contribution in [2.45, 2.75) is 12.8 Å². The van der Waals surface area contributed by atoms with Crippen molar-refractivity contribution in [1.29, 1.82) is 0 Å². The quantitative estimate of drug-likeness (QED) is 0.786. The van der Waals surface area contributed by atoms with E-state index in [0.29, 0.717) is 18.7 Å². The zero-order valence-electron chi connectivity index (χ0n) is 9.43. The normalized spacial score (nSPS) is 16.9. The van der Waals surface area contributed by atoms with Crippen molar-refractivity contribution < 1.29 is 9.59 Å². The second-order valence-electron chi connectivity index (χ2n) is 4.25. The fourth-order valence-electron chi connectivity index (χ4n) is 2.04. The van der Waals surface area contributed by atoms with E-state index in [4.69, 9.17) is 0 Å². The van der Waals surface area contributed by atoms with Gasteiger partial charge in [-0.3, -0.25) is 4.79 Å². The summed E-state index contributed by atoms with van der Waals surface area (Å²) in [5, 5.41) is 0. The molecule has 0 bridgehead atoms. The predicted octanol–water partition coefficient (Wildman–Crippen LogP) is 2.50. The zero-order chi connectivity index (χ0) is 12.3. The average Bonchev–Trinajstić information content (AvgIpc) is 2.39. The summed E-state index contributed by atoms with van der Waals surface area (Å²) in [6.45, 7) is 1.34. The Morgan fingerprint density at radius 3 is 2.53 bits per heavy atom. The third-order valence-corrected chi connectivity index (χ3v) is 3.82.